The smallest absolute Gasteiger partial charge is 0.273 e. The van der Waals surface area contributed by atoms with Crippen molar-refractivity contribution in [3.8, 4) is 0 Å². The minimum Gasteiger partial charge on any atom is -0.382 e. The monoisotopic (exact) mass is 208 g/mol. The molecule has 0 radical (unpaired) electrons. The molecule has 0 spiro atoms. The summed E-state index contributed by atoms with van der Waals surface area (Å²) in [6.07, 6.45) is 2.78. The number of carbonyl (C=O) groups excluding carboxylic acids is 1. The van der Waals surface area contributed by atoms with Gasteiger partial charge in [-0.15, -0.1) is 0 Å². The highest BCUT2D eigenvalue weighted by Crippen LogP contribution is 2.03. The van der Waals surface area contributed by atoms with Gasteiger partial charge in [0.2, 0.25) is 0 Å². The first-order valence-corrected chi connectivity index (χ1v) is 4.83. The van der Waals surface area contributed by atoms with E-state index in [4.69, 9.17) is 5.73 Å². The van der Waals surface area contributed by atoms with Crippen LogP contribution in [0.15, 0.2) is 12.4 Å². The maximum atomic E-state index is 11.8. The quantitative estimate of drug-likeness (QED) is 0.797. The third kappa shape index (κ3) is 3.19. The van der Waals surface area contributed by atoms with Crippen LogP contribution in [0.25, 0.3) is 0 Å². The van der Waals surface area contributed by atoms with Crippen molar-refractivity contribution in [2.24, 2.45) is 5.92 Å². The average molecular weight is 208 g/mol. The zero-order valence-electron chi connectivity index (χ0n) is 9.27. The lowest BCUT2D eigenvalue weighted by molar-refractivity contribution is 0.0773. The number of aromatic nitrogens is 2. The molecule has 1 amide bonds. The Balaban J connectivity index is 2.72. The summed E-state index contributed by atoms with van der Waals surface area (Å²) in [6.45, 7) is 4.81. The molecule has 5 heteroatoms. The Morgan fingerprint density at radius 2 is 2.13 bits per heavy atom. The lowest BCUT2D eigenvalue weighted by atomic mass is 10.2. The second kappa shape index (κ2) is 4.72. The van der Waals surface area contributed by atoms with E-state index in [2.05, 4.69) is 23.8 Å². The van der Waals surface area contributed by atoms with Crippen LogP contribution in [0, 0.1) is 5.92 Å². The van der Waals surface area contributed by atoms with Crippen LogP contribution < -0.4 is 5.73 Å². The van der Waals surface area contributed by atoms with Crippen molar-refractivity contribution < 1.29 is 4.79 Å². The molecule has 0 saturated heterocycles. The molecule has 0 bridgehead atoms. The number of nitrogen functional groups attached to an aromatic ring is 1. The van der Waals surface area contributed by atoms with E-state index in [1.807, 2.05) is 0 Å². The van der Waals surface area contributed by atoms with Crippen molar-refractivity contribution in [2.75, 3.05) is 19.3 Å². The fraction of sp³-hybridized carbons (Fsp3) is 0.500. The number of nitrogens with zero attached hydrogens (tertiary/aromatic N) is 3. The molecule has 1 rings (SSSR count). The van der Waals surface area contributed by atoms with Crippen LogP contribution in [-0.4, -0.2) is 34.4 Å². The number of carbonyl (C=O) groups is 1. The summed E-state index contributed by atoms with van der Waals surface area (Å²) in [7, 11) is 1.75. The standard InChI is InChI=1S/C10H16N4O/c1-7(2)6-14(3)10(15)8-4-13-9(11)5-12-8/h4-5,7H,6H2,1-3H3,(H2,11,13). The Kier molecular flexibility index (Phi) is 3.60. The molecule has 0 atom stereocenters. The molecule has 0 aromatic carbocycles. The minimum atomic E-state index is -0.129. The predicted octanol–water partition coefficient (Wildman–Crippen LogP) is 0.787. The first kappa shape index (κ1) is 11.4. The van der Waals surface area contributed by atoms with E-state index >= 15 is 0 Å². The molecule has 1 heterocycles. The van der Waals surface area contributed by atoms with Gasteiger partial charge in [-0.2, -0.15) is 0 Å². The van der Waals surface area contributed by atoms with Gasteiger partial charge in [-0.1, -0.05) is 13.8 Å². The Bertz CT molecular complexity index is 334. The van der Waals surface area contributed by atoms with Crippen molar-refractivity contribution in [1.82, 2.24) is 14.9 Å². The topological polar surface area (TPSA) is 72.1 Å². The van der Waals surface area contributed by atoms with E-state index in [-0.39, 0.29) is 5.91 Å². The van der Waals surface area contributed by atoms with Gasteiger partial charge >= 0.3 is 0 Å². The number of rotatable bonds is 3. The van der Waals surface area contributed by atoms with Crippen LogP contribution in [0.4, 0.5) is 5.82 Å². The maximum Gasteiger partial charge on any atom is 0.273 e. The first-order valence-electron chi connectivity index (χ1n) is 4.83. The Morgan fingerprint density at radius 1 is 1.47 bits per heavy atom. The maximum absolute atomic E-state index is 11.8. The normalized spacial score (nSPS) is 10.4. The highest BCUT2D eigenvalue weighted by Gasteiger charge is 2.13. The molecule has 0 unspecified atom stereocenters. The van der Waals surface area contributed by atoms with Gasteiger partial charge < -0.3 is 10.6 Å². The Morgan fingerprint density at radius 3 is 2.60 bits per heavy atom. The highest BCUT2D eigenvalue weighted by atomic mass is 16.2. The summed E-state index contributed by atoms with van der Waals surface area (Å²) < 4.78 is 0. The van der Waals surface area contributed by atoms with Gasteiger partial charge in [0.15, 0.2) is 0 Å². The van der Waals surface area contributed by atoms with E-state index in [1.165, 1.54) is 12.4 Å². The average Bonchev–Trinajstić information content (AvgIpc) is 2.17. The summed E-state index contributed by atoms with van der Waals surface area (Å²) in [5.41, 5.74) is 5.71. The van der Waals surface area contributed by atoms with Crippen molar-refractivity contribution in [3.63, 3.8) is 0 Å². The van der Waals surface area contributed by atoms with Gasteiger partial charge in [0.1, 0.15) is 11.5 Å². The van der Waals surface area contributed by atoms with E-state index in [9.17, 15) is 4.79 Å². The number of nitrogens with two attached hydrogens (primary N) is 1. The highest BCUT2D eigenvalue weighted by molar-refractivity contribution is 5.91. The van der Waals surface area contributed by atoms with Gasteiger partial charge in [0.25, 0.3) is 5.91 Å². The molecule has 0 aliphatic carbocycles. The van der Waals surface area contributed by atoms with Crippen LogP contribution in [-0.2, 0) is 0 Å². The SMILES string of the molecule is CC(C)CN(C)C(=O)c1cnc(N)cn1. The third-order valence-corrected chi connectivity index (χ3v) is 1.88. The summed E-state index contributed by atoms with van der Waals surface area (Å²) in [6, 6.07) is 0. The summed E-state index contributed by atoms with van der Waals surface area (Å²) in [5.74, 6) is 0.620. The lowest BCUT2D eigenvalue weighted by Crippen LogP contribution is -2.31. The second-order valence-electron chi connectivity index (χ2n) is 3.91. The molecule has 0 fully saturated rings. The van der Waals surface area contributed by atoms with Crippen LogP contribution in [0.5, 0.6) is 0 Å². The van der Waals surface area contributed by atoms with Gasteiger partial charge in [-0.3, -0.25) is 4.79 Å². The molecule has 15 heavy (non-hydrogen) atoms. The van der Waals surface area contributed by atoms with Crippen LogP contribution in [0.1, 0.15) is 24.3 Å². The van der Waals surface area contributed by atoms with Crippen molar-refractivity contribution >= 4 is 11.7 Å². The Hall–Kier alpha value is -1.65. The van der Waals surface area contributed by atoms with E-state index in [0.29, 0.717) is 24.0 Å². The molecule has 1 aromatic rings. The Labute approximate surface area is 89.3 Å². The fourth-order valence-electron chi connectivity index (χ4n) is 1.27. The van der Waals surface area contributed by atoms with Crippen LogP contribution in [0.2, 0.25) is 0 Å². The molecule has 0 aliphatic rings. The second-order valence-corrected chi connectivity index (χ2v) is 3.91. The molecule has 0 aliphatic heterocycles. The van der Waals surface area contributed by atoms with Gasteiger partial charge in [-0.25, -0.2) is 9.97 Å². The van der Waals surface area contributed by atoms with Crippen molar-refractivity contribution in [1.29, 1.82) is 0 Å². The van der Waals surface area contributed by atoms with E-state index < -0.39 is 0 Å². The number of amides is 1. The van der Waals surface area contributed by atoms with Crippen molar-refractivity contribution in [2.45, 2.75) is 13.8 Å². The molecule has 2 N–H and O–H groups in total. The zero-order valence-corrected chi connectivity index (χ0v) is 9.27. The summed E-state index contributed by atoms with van der Waals surface area (Å²) in [4.78, 5) is 21.2. The van der Waals surface area contributed by atoms with Gasteiger partial charge in [0.05, 0.1) is 12.4 Å². The first-order chi connectivity index (χ1) is 7.00. The molecule has 82 valence electrons. The van der Waals surface area contributed by atoms with E-state index in [0.717, 1.165) is 0 Å². The molecule has 5 nitrogen and oxygen atoms in total. The zero-order chi connectivity index (χ0) is 11.4. The van der Waals surface area contributed by atoms with E-state index in [1.54, 1.807) is 11.9 Å². The largest absolute Gasteiger partial charge is 0.382 e. The van der Waals surface area contributed by atoms with Crippen molar-refractivity contribution in [3.05, 3.63) is 18.1 Å². The number of anilines is 1. The lowest BCUT2D eigenvalue weighted by Gasteiger charge is -2.18. The van der Waals surface area contributed by atoms with Gasteiger partial charge in [-0.05, 0) is 5.92 Å². The van der Waals surface area contributed by atoms with Crippen LogP contribution in [0.3, 0.4) is 0 Å². The number of hydrogen-bond donors (Lipinski definition) is 1. The molecule has 1 aromatic heterocycles. The van der Waals surface area contributed by atoms with Crippen LogP contribution >= 0.6 is 0 Å². The predicted molar refractivity (Wildman–Crippen MR) is 58.2 cm³/mol. The van der Waals surface area contributed by atoms with Gasteiger partial charge in [0, 0.05) is 13.6 Å². The molecular weight excluding hydrogens is 192 g/mol. The minimum absolute atomic E-state index is 0.129. The summed E-state index contributed by atoms with van der Waals surface area (Å²) >= 11 is 0. The fourth-order valence-corrected chi connectivity index (χ4v) is 1.27. The number of hydrogen-bond acceptors (Lipinski definition) is 4. The summed E-state index contributed by atoms with van der Waals surface area (Å²) in [5, 5.41) is 0. The molecule has 0 saturated carbocycles. The third-order valence-electron chi connectivity index (χ3n) is 1.88. The molecular formula is C10H16N4O.